The Morgan fingerprint density at radius 2 is 2.22 bits per heavy atom. The van der Waals surface area contributed by atoms with Crippen LogP contribution >= 0.6 is 0 Å². The Morgan fingerprint density at radius 3 is 2.78 bits per heavy atom. The lowest BCUT2D eigenvalue weighted by Gasteiger charge is -2.41. The monoisotopic (exact) mass is 257 g/mol. The maximum Gasteiger partial charge on any atom is 0.326 e. The van der Waals surface area contributed by atoms with Gasteiger partial charge in [0.25, 0.3) is 0 Å². The molecule has 0 radical (unpaired) electrons. The van der Waals surface area contributed by atoms with Gasteiger partial charge < -0.3 is 19.5 Å². The van der Waals surface area contributed by atoms with E-state index in [1.54, 1.807) is 0 Å². The number of nitrogens with one attached hydrogen (secondary N) is 1. The Kier molecular flexibility index (Phi) is 4.59. The number of hydrogen-bond donors (Lipinski definition) is 1. The maximum absolute atomic E-state index is 12.0. The third-order valence-corrected chi connectivity index (χ3v) is 3.79. The molecule has 0 aromatic heterocycles. The zero-order valence-electron chi connectivity index (χ0n) is 11.2. The van der Waals surface area contributed by atoms with E-state index < -0.39 is 5.54 Å². The van der Waals surface area contributed by atoms with Crippen molar-refractivity contribution in [1.82, 2.24) is 5.32 Å². The molecular formula is C13H23NO4. The van der Waals surface area contributed by atoms with Crippen molar-refractivity contribution in [2.75, 3.05) is 26.9 Å². The first kappa shape index (κ1) is 13.8. The number of hydrogen-bond acceptors (Lipinski definition) is 5. The summed E-state index contributed by atoms with van der Waals surface area (Å²) >= 11 is 0. The number of rotatable bonds is 5. The Bertz CT molecular complexity index is 289. The van der Waals surface area contributed by atoms with Gasteiger partial charge in [-0.05, 0) is 25.8 Å². The lowest BCUT2D eigenvalue weighted by molar-refractivity contribution is -0.173. The first-order chi connectivity index (χ1) is 8.70. The quantitative estimate of drug-likeness (QED) is 0.740. The number of esters is 1. The minimum atomic E-state index is -0.559. The summed E-state index contributed by atoms with van der Waals surface area (Å²) in [6.45, 7) is 4.13. The lowest BCUT2D eigenvalue weighted by Crippen LogP contribution is -2.57. The van der Waals surface area contributed by atoms with Gasteiger partial charge in [0.2, 0.25) is 0 Å². The van der Waals surface area contributed by atoms with Crippen LogP contribution < -0.4 is 5.32 Å². The summed E-state index contributed by atoms with van der Waals surface area (Å²) in [7, 11) is 1.45. The molecule has 1 aliphatic heterocycles. The molecule has 1 N–H and O–H groups in total. The van der Waals surface area contributed by atoms with E-state index in [9.17, 15) is 4.79 Å². The summed E-state index contributed by atoms with van der Waals surface area (Å²) in [4.78, 5) is 12.0. The number of likely N-dealkylation sites (N-methyl/N-ethyl adjacent to an activating group) is 1. The predicted octanol–water partition coefficient (Wildman–Crippen LogP) is 0.866. The molecule has 2 aliphatic rings. The molecule has 2 fully saturated rings. The highest BCUT2D eigenvalue weighted by atomic mass is 16.6. The van der Waals surface area contributed by atoms with E-state index in [1.165, 1.54) is 7.11 Å². The highest BCUT2D eigenvalue weighted by molar-refractivity contribution is 5.81. The summed E-state index contributed by atoms with van der Waals surface area (Å²) in [6, 6.07) is 0. The van der Waals surface area contributed by atoms with Crippen LogP contribution in [0.4, 0.5) is 0 Å². The van der Waals surface area contributed by atoms with Crippen LogP contribution in [0.25, 0.3) is 0 Å². The second kappa shape index (κ2) is 5.99. The third-order valence-electron chi connectivity index (χ3n) is 3.79. The fourth-order valence-electron chi connectivity index (χ4n) is 2.86. The van der Waals surface area contributed by atoms with E-state index in [1.807, 2.05) is 6.92 Å². The van der Waals surface area contributed by atoms with Gasteiger partial charge in [-0.3, -0.25) is 4.79 Å². The van der Waals surface area contributed by atoms with E-state index in [2.05, 4.69) is 5.32 Å². The SMILES string of the molecule is CCNC1(C(=O)OC)CCCC(OC2COC2)C1. The highest BCUT2D eigenvalue weighted by Gasteiger charge is 2.44. The number of carbonyl (C=O) groups is 1. The maximum atomic E-state index is 12.0. The molecule has 18 heavy (non-hydrogen) atoms. The zero-order valence-corrected chi connectivity index (χ0v) is 11.2. The molecule has 5 heteroatoms. The highest BCUT2D eigenvalue weighted by Crippen LogP contribution is 2.32. The molecule has 2 rings (SSSR count). The van der Waals surface area contributed by atoms with E-state index in [0.29, 0.717) is 19.6 Å². The molecule has 5 nitrogen and oxygen atoms in total. The van der Waals surface area contributed by atoms with E-state index in [0.717, 1.165) is 25.8 Å². The molecule has 0 aromatic rings. The van der Waals surface area contributed by atoms with Gasteiger partial charge in [0.1, 0.15) is 11.6 Å². The van der Waals surface area contributed by atoms with Crippen molar-refractivity contribution in [2.45, 2.75) is 50.4 Å². The van der Waals surface area contributed by atoms with Crippen LogP contribution in [0.15, 0.2) is 0 Å². The Balaban J connectivity index is 1.97. The number of carbonyl (C=O) groups excluding carboxylic acids is 1. The van der Waals surface area contributed by atoms with Crippen molar-refractivity contribution in [3.63, 3.8) is 0 Å². The van der Waals surface area contributed by atoms with Crippen LogP contribution in [0.3, 0.4) is 0 Å². The molecule has 1 saturated carbocycles. The van der Waals surface area contributed by atoms with E-state index in [4.69, 9.17) is 14.2 Å². The average Bonchev–Trinajstić information content (AvgIpc) is 2.33. The van der Waals surface area contributed by atoms with Crippen LogP contribution in [0.5, 0.6) is 0 Å². The smallest absolute Gasteiger partial charge is 0.326 e. The fraction of sp³-hybridized carbons (Fsp3) is 0.923. The minimum absolute atomic E-state index is 0.130. The minimum Gasteiger partial charge on any atom is -0.468 e. The first-order valence-corrected chi connectivity index (χ1v) is 6.77. The van der Waals surface area contributed by atoms with Gasteiger partial charge in [-0.25, -0.2) is 0 Å². The molecule has 1 aliphatic carbocycles. The second-order valence-electron chi connectivity index (χ2n) is 5.12. The van der Waals surface area contributed by atoms with Crippen molar-refractivity contribution in [3.05, 3.63) is 0 Å². The summed E-state index contributed by atoms with van der Waals surface area (Å²) < 4.78 is 16.0. The first-order valence-electron chi connectivity index (χ1n) is 6.77. The van der Waals surface area contributed by atoms with Gasteiger partial charge in [0.05, 0.1) is 26.4 Å². The van der Waals surface area contributed by atoms with Crippen molar-refractivity contribution in [3.8, 4) is 0 Å². The van der Waals surface area contributed by atoms with Crippen molar-refractivity contribution in [2.24, 2.45) is 0 Å². The summed E-state index contributed by atoms with van der Waals surface area (Å²) in [6.07, 6.45) is 3.87. The molecule has 0 bridgehead atoms. The van der Waals surface area contributed by atoms with Crippen LogP contribution in [0, 0.1) is 0 Å². The van der Waals surface area contributed by atoms with Gasteiger partial charge in [-0.2, -0.15) is 0 Å². The third kappa shape index (κ3) is 2.84. The van der Waals surface area contributed by atoms with Crippen LogP contribution in [-0.2, 0) is 19.0 Å². The molecule has 1 saturated heterocycles. The summed E-state index contributed by atoms with van der Waals surface area (Å²) in [5.74, 6) is -0.164. The van der Waals surface area contributed by atoms with E-state index >= 15 is 0 Å². The number of methoxy groups -OCH3 is 1. The van der Waals surface area contributed by atoms with Gasteiger partial charge >= 0.3 is 5.97 Å². The lowest BCUT2D eigenvalue weighted by atomic mass is 9.80. The van der Waals surface area contributed by atoms with Crippen LogP contribution in [0.1, 0.15) is 32.6 Å². The predicted molar refractivity (Wildman–Crippen MR) is 66.4 cm³/mol. The topological polar surface area (TPSA) is 56.8 Å². The van der Waals surface area contributed by atoms with Crippen molar-refractivity contribution in [1.29, 1.82) is 0 Å². The fourth-order valence-corrected chi connectivity index (χ4v) is 2.86. The van der Waals surface area contributed by atoms with Gasteiger partial charge in [0.15, 0.2) is 0 Å². The molecule has 0 aromatic carbocycles. The molecule has 0 spiro atoms. The molecule has 1 heterocycles. The summed E-state index contributed by atoms with van der Waals surface area (Å²) in [5, 5.41) is 3.30. The Morgan fingerprint density at radius 1 is 1.44 bits per heavy atom. The zero-order chi connectivity index (χ0) is 13.0. The Labute approximate surface area is 108 Å². The van der Waals surface area contributed by atoms with Crippen LogP contribution in [0.2, 0.25) is 0 Å². The average molecular weight is 257 g/mol. The molecule has 0 amide bonds. The van der Waals surface area contributed by atoms with Crippen molar-refractivity contribution >= 4 is 5.97 Å². The molecular weight excluding hydrogens is 234 g/mol. The largest absolute Gasteiger partial charge is 0.468 e. The normalized spacial score (nSPS) is 32.9. The summed E-state index contributed by atoms with van der Waals surface area (Å²) in [5.41, 5.74) is -0.559. The van der Waals surface area contributed by atoms with Gasteiger partial charge in [-0.15, -0.1) is 0 Å². The molecule has 104 valence electrons. The standard InChI is InChI=1S/C13H23NO4/c1-3-14-13(12(15)16-2)6-4-5-10(7-13)18-11-8-17-9-11/h10-11,14H,3-9H2,1-2H3. The Hall–Kier alpha value is -0.650. The van der Waals surface area contributed by atoms with Gasteiger partial charge in [-0.1, -0.05) is 6.92 Å². The van der Waals surface area contributed by atoms with Crippen LogP contribution in [-0.4, -0.2) is 50.6 Å². The second-order valence-corrected chi connectivity index (χ2v) is 5.12. The molecule has 2 unspecified atom stereocenters. The molecule has 2 atom stereocenters. The van der Waals surface area contributed by atoms with Gasteiger partial charge in [0, 0.05) is 6.42 Å². The van der Waals surface area contributed by atoms with Crippen molar-refractivity contribution < 1.29 is 19.0 Å². The van der Waals surface area contributed by atoms with E-state index in [-0.39, 0.29) is 18.2 Å². The number of ether oxygens (including phenoxy) is 3.